The molecular formula is C15H10BrClN2O2. The van der Waals surface area contributed by atoms with Crippen molar-refractivity contribution in [3.8, 4) is 5.69 Å². The van der Waals surface area contributed by atoms with Gasteiger partial charge in [0.05, 0.1) is 27.3 Å². The third-order valence-corrected chi connectivity index (χ3v) is 4.02. The fraction of sp³-hybridized carbons (Fsp3) is 0.0667. The van der Waals surface area contributed by atoms with Gasteiger partial charge in [0.25, 0.3) is 0 Å². The zero-order valence-corrected chi connectivity index (χ0v) is 13.3. The molecule has 1 heterocycles. The van der Waals surface area contributed by atoms with Gasteiger partial charge < -0.3 is 5.11 Å². The van der Waals surface area contributed by atoms with Gasteiger partial charge in [0, 0.05) is 4.47 Å². The second-order valence-electron chi connectivity index (χ2n) is 4.57. The number of imidazole rings is 1. The van der Waals surface area contributed by atoms with Gasteiger partial charge >= 0.3 is 5.97 Å². The Bertz CT molecular complexity index is 873. The molecule has 4 nitrogen and oxygen atoms in total. The molecule has 6 heteroatoms. The van der Waals surface area contributed by atoms with Crippen LogP contribution in [0, 0.1) is 6.92 Å². The number of halogens is 2. The first-order valence-electron chi connectivity index (χ1n) is 6.16. The van der Waals surface area contributed by atoms with Gasteiger partial charge in [-0.3, -0.25) is 4.57 Å². The van der Waals surface area contributed by atoms with Gasteiger partial charge in [-0.2, -0.15) is 0 Å². The number of aromatic carboxylic acids is 1. The van der Waals surface area contributed by atoms with Gasteiger partial charge in [0.1, 0.15) is 5.82 Å². The number of benzene rings is 2. The average molecular weight is 366 g/mol. The Labute approximate surface area is 134 Å². The van der Waals surface area contributed by atoms with E-state index in [1.165, 1.54) is 0 Å². The van der Waals surface area contributed by atoms with Gasteiger partial charge in [-0.1, -0.05) is 33.6 Å². The number of hydrogen-bond acceptors (Lipinski definition) is 2. The summed E-state index contributed by atoms with van der Waals surface area (Å²) in [6.07, 6.45) is 0. The molecule has 1 N–H and O–H groups in total. The zero-order valence-electron chi connectivity index (χ0n) is 11.0. The normalized spacial score (nSPS) is 11.0. The molecule has 0 bridgehead atoms. The maximum Gasteiger partial charge on any atom is 0.337 e. The van der Waals surface area contributed by atoms with Crippen LogP contribution in [0.15, 0.2) is 40.9 Å². The fourth-order valence-corrected chi connectivity index (χ4v) is 3.13. The molecule has 0 unspecified atom stereocenters. The molecule has 1 aromatic heterocycles. The number of hydrogen-bond donors (Lipinski definition) is 1. The Hall–Kier alpha value is -1.85. The Morgan fingerprint density at radius 3 is 2.76 bits per heavy atom. The molecule has 3 rings (SSSR count). The van der Waals surface area contributed by atoms with E-state index in [0.29, 0.717) is 27.6 Å². The van der Waals surface area contributed by atoms with Crippen molar-refractivity contribution in [2.75, 3.05) is 0 Å². The van der Waals surface area contributed by atoms with Crippen molar-refractivity contribution < 1.29 is 9.90 Å². The van der Waals surface area contributed by atoms with E-state index < -0.39 is 5.97 Å². The highest BCUT2D eigenvalue weighted by atomic mass is 79.9. The lowest BCUT2D eigenvalue weighted by Crippen LogP contribution is -2.04. The van der Waals surface area contributed by atoms with Crippen molar-refractivity contribution in [2.24, 2.45) is 0 Å². The molecule has 3 aromatic rings. The molecule has 106 valence electrons. The molecule has 21 heavy (non-hydrogen) atoms. The maximum absolute atomic E-state index is 11.5. The largest absolute Gasteiger partial charge is 0.478 e. The van der Waals surface area contributed by atoms with Gasteiger partial charge in [0.15, 0.2) is 0 Å². The summed E-state index contributed by atoms with van der Waals surface area (Å²) in [5.74, 6) is -0.307. The lowest BCUT2D eigenvalue weighted by atomic mass is 10.1. The van der Waals surface area contributed by atoms with E-state index in [1.54, 1.807) is 28.8 Å². The average Bonchev–Trinajstić information content (AvgIpc) is 2.74. The minimum absolute atomic E-state index is 0.201. The number of aromatic nitrogens is 2. The summed E-state index contributed by atoms with van der Waals surface area (Å²) in [7, 11) is 0. The Morgan fingerprint density at radius 2 is 2.10 bits per heavy atom. The van der Waals surface area contributed by atoms with Crippen LogP contribution in [-0.4, -0.2) is 20.6 Å². The summed E-state index contributed by atoms with van der Waals surface area (Å²) < 4.78 is 2.63. The number of carbonyl (C=O) groups is 1. The van der Waals surface area contributed by atoms with E-state index >= 15 is 0 Å². The monoisotopic (exact) mass is 364 g/mol. The number of rotatable bonds is 2. The molecule has 0 atom stereocenters. The molecule has 0 fully saturated rings. The SMILES string of the molecule is Cc1nc2cccc(C(=O)O)c2n1-c1ccc(Br)cc1Cl. The molecule has 0 saturated carbocycles. The van der Waals surface area contributed by atoms with Gasteiger partial charge in [-0.25, -0.2) is 9.78 Å². The number of fused-ring (bicyclic) bond motifs is 1. The lowest BCUT2D eigenvalue weighted by Gasteiger charge is -2.11. The summed E-state index contributed by atoms with van der Waals surface area (Å²) in [6, 6.07) is 10.5. The lowest BCUT2D eigenvalue weighted by molar-refractivity contribution is 0.0698. The van der Waals surface area contributed by atoms with Crippen LogP contribution in [-0.2, 0) is 0 Å². The van der Waals surface area contributed by atoms with Crippen molar-refractivity contribution in [1.82, 2.24) is 9.55 Å². The van der Waals surface area contributed by atoms with Crippen molar-refractivity contribution in [1.29, 1.82) is 0 Å². The summed E-state index contributed by atoms with van der Waals surface area (Å²) in [4.78, 5) is 15.9. The van der Waals surface area contributed by atoms with E-state index in [0.717, 1.165) is 4.47 Å². The number of aryl methyl sites for hydroxylation is 1. The first kappa shape index (κ1) is 14.1. The first-order chi connectivity index (χ1) is 9.99. The summed E-state index contributed by atoms with van der Waals surface area (Å²) in [5, 5.41) is 9.92. The summed E-state index contributed by atoms with van der Waals surface area (Å²) in [6.45, 7) is 1.82. The minimum Gasteiger partial charge on any atom is -0.478 e. The standard InChI is InChI=1S/C15H10BrClN2O2/c1-8-18-12-4-2-3-10(15(20)21)14(12)19(8)13-6-5-9(16)7-11(13)17/h2-7H,1H3,(H,20,21). The van der Waals surface area contributed by atoms with Crippen LogP contribution in [0.2, 0.25) is 5.02 Å². The molecule has 2 aromatic carbocycles. The number of carboxylic acids is 1. The van der Waals surface area contributed by atoms with E-state index in [4.69, 9.17) is 11.6 Å². The van der Waals surface area contributed by atoms with Crippen molar-refractivity contribution >= 4 is 44.5 Å². The van der Waals surface area contributed by atoms with E-state index in [1.807, 2.05) is 19.1 Å². The summed E-state index contributed by atoms with van der Waals surface area (Å²) >= 11 is 9.66. The second kappa shape index (κ2) is 5.16. The van der Waals surface area contributed by atoms with Crippen LogP contribution >= 0.6 is 27.5 Å². The molecule has 0 aliphatic carbocycles. The predicted octanol–water partition coefficient (Wildman–Crippen LogP) is 4.45. The highest BCUT2D eigenvalue weighted by molar-refractivity contribution is 9.10. The number of nitrogens with zero attached hydrogens (tertiary/aromatic N) is 2. The summed E-state index contributed by atoms with van der Waals surface area (Å²) in [5.41, 5.74) is 2.08. The van der Waals surface area contributed by atoms with Crippen LogP contribution in [0.1, 0.15) is 16.2 Å². The van der Waals surface area contributed by atoms with Crippen molar-refractivity contribution in [3.63, 3.8) is 0 Å². The topological polar surface area (TPSA) is 55.1 Å². The molecule has 0 aliphatic rings. The fourth-order valence-electron chi connectivity index (χ4n) is 2.37. The Balaban J connectivity index is 2.41. The smallest absolute Gasteiger partial charge is 0.337 e. The minimum atomic E-state index is -0.991. The van der Waals surface area contributed by atoms with Gasteiger partial charge in [-0.15, -0.1) is 0 Å². The van der Waals surface area contributed by atoms with Crippen LogP contribution in [0.5, 0.6) is 0 Å². The highest BCUT2D eigenvalue weighted by Gasteiger charge is 2.18. The third kappa shape index (κ3) is 2.32. The first-order valence-corrected chi connectivity index (χ1v) is 7.33. The highest BCUT2D eigenvalue weighted by Crippen LogP contribution is 2.30. The molecule has 0 saturated heterocycles. The van der Waals surface area contributed by atoms with E-state index in [2.05, 4.69) is 20.9 Å². The van der Waals surface area contributed by atoms with Crippen LogP contribution in [0.4, 0.5) is 0 Å². The number of carboxylic acid groups (broad SMARTS) is 1. The van der Waals surface area contributed by atoms with E-state index in [-0.39, 0.29) is 5.56 Å². The molecular weight excluding hydrogens is 356 g/mol. The molecule has 0 radical (unpaired) electrons. The zero-order chi connectivity index (χ0) is 15.1. The maximum atomic E-state index is 11.5. The molecule has 0 amide bonds. The van der Waals surface area contributed by atoms with Crippen LogP contribution in [0.25, 0.3) is 16.7 Å². The van der Waals surface area contributed by atoms with E-state index in [9.17, 15) is 9.90 Å². The van der Waals surface area contributed by atoms with Gasteiger partial charge in [0.2, 0.25) is 0 Å². The van der Waals surface area contributed by atoms with Crippen molar-refractivity contribution in [3.05, 3.63) is 57.3 Å². The second-order valence-corrected chi connectivity index (χ2v) is 5.89. The molecule has 0 aliphatic heterocycles. The van der Waals surface area contributed by atoms with Gasteiger partial charge in [-0.05, 0) is 37.3 Å². The third-order valence-electron chi connectivity index (χ3n) is 3.23. The Morgan fingerprint density at radius 1 is 1.33 bits per heavy atom. The predicted molar refractivity (Wildman–Crippen MR) is 85.5 cm³/mol. The number of para-hydroxylation sites is 1. The van der Waals surface area contributed by atoms with Crippen LogP contribution in [0.3, 0.4) is 0 Å². The van der Waals surface area contributed by atoms with Crippen molar-refractivity contribution in [2.45, 2.75) is 6.92 Å². The van der Waals surface area contributed by atoms with Crippen LogP contribution < -0.4 is 0 Å². The molecule has 0 spiro atoms. The Kier molecular flexibility index (Phi) is 3.47. The quantitative estimate of drug-likeness (QED) is 0.730.